The van der Waals surface area contributed by atoms with Gasteiger partial charge in [0.25, 0.3) is 5.91 Å². The second-order valence-corrected chi connectivity index (χ2v) is 4.84. The molecule has 1 rings (SSSR count). The highest BCUT2D eigenvalue weighted by Crippen LogP contribution is 2.27. The highest BCUT2D eigenvalue weighted by atomic mass is 79.9. The number of ether oxygens (including phenoxy) is 1. The third kappa shape index (κ3) is 5.48. The Morgan fingerprint density at radius 2 is 2.00 bits per heavy atom. The predicted octanol–water partition coefficient (Wildman–Crippen LogP) is 1.72. The van der Waals surface area contributed by atoms with Crippen molar-refractivity contribution in [1.82, 2.24) is 5.48 Å². The molecule has 0 spiro atoms. The summed E-state index contributed by atoms with van der Waals surface area (Å²) in [7, 11) is 0. The quantitative estimate of drug-likeness (QED) is 0.732. The Morgan fingerprint density at radius 1 is 1.28 bits per heavy atom. The number of hydrogen-bond donors (Lipinski definition) is 2. The number of aliphatic carboxylic acids is 1. The summed E-state index contributed by atoms with van der Waals surface area (Å²) in [5.74, 6) is -1.26. The van der Waals surface area contributed by atoms with Crippen molar-refractivity contribution in [2.45, 2.75) is 0 Å². The van der Waals surface area contributed by atoms with Crippen molar-refractivity contribution >= 4 is 43.7 Å². The smallest absolute Gasteiger partial charge is 0.332 e. The number of hydroxylamine groups is 1. The molecule has 8 heteroatoms. The number of halogens is 2. The summed E-state index contributed by atoms with van der Waals surface area (Å²) < 4.78 is 6.77. The van der Waals surface area contributed by atoms with Crippen molar-refractivity contribution in [2.75, 3.05) is 13.2 Å². The standard InChI is InChI=1S/C10H9Br2NO5/c11-6-1-2-8(7(12)3-6)17-4-9(14)13-18-5-10(15)16/h1-3H,4-5H2,(H,13,14)(H,15,16). The molecule has 0 fully saturated rings. The monoisotopic (exact) mass is 381 g/mol. The van der Waals surface area contributed by atoms with Crippen LogP contribution in [0.5, 0.6) is 5.75 Å². The molecule has 0 saturated carbocycles. The highest BCUT2D eigenvalue weighted by molar-refractivity contribution is 9.11. The molecule has 0 radical (unpaired) electrons. The highest BCUT2D eigenvalue weighted by Gasteiger charge is 2.06. The largest absolute Gasteiger partial charge is 0.483 e. The van der Waals surface area contributed by atoms with E-state index in [4.69, 9.17) is 9.84 Å². The second-order valence-electron chi connectivity index (χ2n) is 3.07. The van der Waals surface area contributed by atoms with Gasteiger partial charge in [-0.25, -0.2) is 10.3 Å². The number of benzene rings is 1. The molecule has 0 saturated heterocycles. The first-order valence-corrected chi connectivity index (χ1v) is 6.28. The molecule has 0 aliphatic heterocycles. The number of carbonyl (C=O) groups is 2. The van der Waals surface area contributed by atoms with Gasteiger partial charge in [-0.3, -0.25) is 9.63 Å². The van der Waals surface area contributed by atoms with Crippen molar-refractivity contribution in [3.05, 3.63) is 27.1 Å². The molecule has 1 amide bonds. The maximum Gasteiger partial charge on any atom is 0.332 e. The third-order valence-corrected chi connectivity index (χ3v) is 2.75. The average molecular weight is 383 g/mol. The zero-order chi connectivity index (χ0) is 13.5. The molecular weight excluding hydrogens is 374 g/mol. The van der Waals surface area contributed by atoms with Gasteiger partial charge in [0.1, 0.15) is 5.75 Å². The minimum Gasteiger partial charge on any atom is -0.483 e. The lowest BCUT2D eigenvalue weighted by Gasteiger charge is -2.08. The molecule has 6 nitrogen and oxygen atoms in total. The van der Waals surface area contributed by atoms with Crippen LogP contribution in [0.2, 0.25) is 0 Å². The van der Waals surface area contributed by atoms with Gasteiger partial charge in [0.2, 0.25) is 0 Å². The Labute approximate surface area is 119 Å². The molecule has 0 aliphatic carbocycles. The van der Waals surface area contributed by atoms with Crippen LogP contribution in [0.4, 0.5) is 0 Å². The Balaban J connectivity index is 2.36. The average Bonchev–Trinajstić information content (AvgIpc) is 2.27. The lowest BCUT2D eigenvalue weighted by molar-refractivity contribution is -0.149. The van der Waals surface area contributed by atoms with Crippen LogP contribution in [0.1, 0.15) is 0 Å². The lowest BCUT2D eigenvalue weighted by Crippen LogP contribution is -2.31. The first-order chi connectivity index (χ1) is 8.49. The van der Waals surface area contributed by atoms with Crippen molar-refractivity contribution in [1.29, 1.82) is 0 Å². The molecule has 0 aliphatic rings. The van der Waals surface area contributed by atoms with Gasteiger partial charge in [0, 0.05) is 4.47 Å². The number of nitrogens with one attached hydrogen (secondary N) is 1. The summed E-state index contributed by atoms with van der Waals surface area (Å²) in [4.78, 5) is 25.7. The second kappa shape index (κ2) is 7.34. The topological polar surface area (TPSA) is 84.9 Å². The summed E-state index contributed by atoms with van der Waals surface area (Å²) in [6.07, 6.45) is 0. The van der Waals surface area contributed by atoms with Crippen molar-refractivity contribution < 1.29 is 24.3 Å². The molecular formula is C10H9Br2NO5. The fourth-order valence-electron chi connectivity index (χ4n) is 0.943. The SMILES string of the molecule is O=C(O)CONC(=O)COc1ccc(Br)cc1Br. The maximum atomic E-state index is 11.2. The Hall–Kier alpha value is -1.12. The molecule has 98 valence electrons. The minimum atomic E-state index is -1.17. The van der Waals surface area contributed by atoms with E-state index >= 15 is 0 Å². The van der Waals surface area contributed by atoms with Crippen LogP contribution in [0.25, 0.3) is 0 Å². The molecule has 18 heavy (non-hydrogen) atoms. The van der Waals surface area contributed by atoms with E-state index in [1.807, 2.05) is 5.48 Å². The van der Waals surface area contributed by atoms with E-state index in [1.54, 1.807) is 18.2 Å². The van der Waals surface area contributed by atoms with Crippen LogP contribution >= 0.6 is 31.9 Å². The Bertz CT molecular complexity index is 452. The number of rotatable bonds is 6. The predicted molar refractivity (Wildman–Crippen MR) is 69.1 cm³/mol. The summed E-state index contributed by atoms with van der Waals surface area (Å²) in [6, 6.07) is 5.21. The first-order valence-electron chi connectivity index (χ1n) is 4.69. The number of carboxylic acid groups (broad SMARTS) is 1. The molecule has 1 aromatic carbocycles. The van der Waals surface area contributed by atoms with Crippen LogP contribution in [-0.2, 0) is 14.4 Å². The fraction of sp³-hybridized carbons (Fsp3) is 0.200. The normalized spacial score (nSPS) is 9.89. The van der Waals surface area contributed by atoms with Crippen LogP contribution in [0, 0.1) is 0 Å². The number of carboxylic acids is 1. The van der Waals surface area contributed by atoms with Gasteiger partial charge in [-0.1, -0.05) is 15.9 Å². The lowest BCUT2D eigenvalue weighted by atomic mass is 10.3. The van der Waals surface area contributed by atoms with E-state index in [1.165, 1.54) is 0 Å². The number of amides is 1. The molecule has 0 aromatic heterocycles. The summed E-state index contributed by atoms with van der Waals surface area (Å²) in [5, 5.41) is 8.28. The van der Waals surface area contributed by atoms with Crippen LogP contribution < -0.4 is 10.2 Å². The van der Waals surface area contributed by atoms with E-state index in [9.17, 15) is 9.59 Å². The number of carbonyl (C=O) groups excluding carboxylic acids is 1. The van der Waals surface area contributed by atoms with E-state index in [0.29, 0.717) is 10.2 Å². The summed E-state index contributed by atoms with van der Waals surface area (Å²) >= 11 is 6.56. The molecule has 2 N–H and O–H groups in total. The van der Waals surface area contributed by atoms with Gasteiger partial charge >= 0.3 is 5.97 Å². The van der Waals surface area contributed by atoms with Crippen molar-refractivity contribution in [2.24, 2.45) is 0 Å². The van der Waals surface area contributed by atoms with E-state index in [2.05, 4.69) is 36.7 Å². The van der Waals surface area contributed by atoms with Gasteiger partial charge in [0.15, 0.2) is 13.2 Å². The fourth-order valence-corrected chi connectivity index (χ4v) is 2.10. The molecule has 0 heterocycles. The third-order valence-electron chi connectivity index (χ3n) is 1.63. The van der Waals surface area contributed by atoms with Gasteiger partial charge < -0.3 is 9.84 Å². The Morgan fingerprint density at radius 3 is 2.61 bits per heavy atom. The molecule has 0 bridgehead atoms. The maximum absolute atomic E-state index is 11.2. The summed E-state index contributed by atoms with van der Waals surface area (Å²) in [6.45, 7) is -0.881. The minimum absolute atomic E-state index is 0.278. The van der Waals surface area contributed by atoms with E-state index in [0.717, 1.165) is 4.47 Å². The van der Waals surface area contributed by atoms with Gasteiger partial charge in [-0.05, 0) is 34.1 Å². The molecule has 1 aromatic rings. The summed E-state index contributed by atoms with van der Waals surface area (Å²) in [5.41, 5.74) is 1.95. The zero-order valence-electron chi connectivity index (χ0n) is 8.98. The molecule has 0 atom stereocenters. The van der Waals surface area contributed by atoms with Gasteiger partial charge in [-0.15, -0.1) is 0 Å². The molecule has 0 unspecified atom stereocenters. The van der Waals surface area contributed by atoms with E-state index in [-0.39, 0.29) is 6.61 Å². The first kappa shape index (κ1) is 14.9. The van der Waals surface area contributed by atoms with Crippen LogP contribution in [0.3, 0.4) is 0 Å². The van der Waals surface area contributed by atoms with Crippen molar-refractivity contribution in [3.63, 3.8) is 0 Å². The van der Waals surface area contributed by atoms with Crippen LogP contribution in [-0.4, -0.2) is 30.2 Å². The van der Waals surface area contributed by atoms with Gasteiger partial charge in [-0.2, -0.15) is 0 Å². The van der Waals surface area contributed by atoms with Gasteiger partial charge in [0.05, 0.1) is 4.47 Å². The van der Waals surface area contributed by atoms with Crippen molar-refractivity contribution in [3.8, 4) is 5.75 Å². The Kier molecular flexibility index (Phi) is 6.10. The van der Waals surface area contributed by atoms with E-state index < -0.39 is 18.5 Å². The van der Waals surface area contributed by atoms with Crippen LogP contribution in [0.15, 0.2) is 27.1 Å². The zero-order valence-corrected chi connectivity index (χ0v) is 12.2. The number of hydrogen-bond acceptors (Lipinski definition) is 4.